The molecule has 0 radical (unpaired) electrons. The molecule has 0 aliphatic rings. The van der Waals surface area contributed by atoms with Gasteiger partial charge in [-0.2, -0.15) is 4.98 Å². The smallest absolute Gasteiger partial charge is 0.257 e. The molecule has 6 heteroatoms. The Hall–Kier alpha value is -2.60. The van der Waals surface area contributed by atoms with Crippen molar-refractivity contribution in [2.45, 2.75) is 26.4 Å². The molecule has 0 bridgehead atoms. The molecule has 0 saturated carbocycles. The summed E-state index contributed by atoms with van der Waals surface area (Å²) < 4.78 is 16.0. The molecule has 1 unspecified atom stereocenters. The molecule has 0 fully saturated rings. The molecule has 0 spiro atoms. The van der Waals surface area contributed by atoms with E-state index < -0.39 is 0 Å². The van der Waals surface area contributed by atoms with E-state index in [2.05, 4.69) is 15.5 Å². The number of hydrogen-bond acceptors (Lipinski definition) is 6. The average Bonchev–Trinajstić information content (AvgIpc) is 3.22. The van der Waals surface area contributed by atoms with E-state index in [1.165, 1.54) is 0 Å². The molecule has 2 aromatic heterocycles. The lowest BCUT2D eigenvalue weighted by molar-refractivity contribution is 0.397. The van der Waals surface area contributed by atoms with Gasteiger partial charge in [-0.15, -0.1) is 0 Å². The van der Waals surface area contributed by atoms with Crippen molar-refractivity contribution in [2.24, 2.45) is 0 Å². The Morgan fingerprint density at radius 2 is 1.96 bits per heavy atom. The van der Waals surface area contributed by atoms with Crippen molar-refractivity contribution in [2.75, 3.05) is 7.11 Å². The Morgan fingerprint density at radius 1 is 1.17 bits per heavy atom. The molecular weight excluding hydrogens is 294 g/mol. The molecule has 0 aliphatic heterocycles. The van der Waals surface area contributed by atoms with Gasteiger partial charge in [-0.25, -0.2) is 0 Å². The summed E-state index contributed by atoms with van der Waals surface area (Å²) in [5.74, 6) is 3.67. The third kappa shape index (κ3) is 3.60. The summed E-state index contributed by atoms with van der Waals surface area (Å²) in [4.78, 5) is 4.40. The highest BCUT2D eigenvalue weighted by Crippen LogP contribution is 2.21. The summed E-state index contributed by atoms with van der Waals surface area (Å²) in [5.41, 5.74) is 0.860. The third-order valence-corrected chi connectivity index (χ3v) is 3.56. The van der Waals surface area contributed by atoms with Crippen LogP contribution >= 0.6 is 0 Å². The van der Waals surface area contributed by atoms with Crippen molar-refractivity contribution in [1.29, 1.82) is 0 Å². The highest BCUT2D eigenvalue weighted by molar-refractivity contribution is 5.54. The molecule has 1 N–H and O–H groups in total. The average molecular weight is 313 g/mol. The van der Waals surface area contributed by atoms with Gasteiger partial charge in [0.25, 0.3) is 5.89 Å². The van der Waals surface area contributed by atoms with Crippen LogP contribution in [0.3, 0.4) is 0 Å². The quantitative estimate of drug-likeness (QED) is 0.751. The Morgan fingerprint density at radius 3 is 2.61 bits per heavy atom. The number of nitrogens with one attached hydrogen (secondary N) is 1. The van der Waals surface area contributed by atoms with Gasteiger partial charge in [0, 0.05) is 5.56 Å². The highest BCUT2D eigenvalue weighted by Gasteiger charge is 2.12. The Labute approximate surface area is 134 Å². The molecule has 1 atom stereocenters. The molecule has 2 heterocycles. The van der Waals surface area contributed by atoms with Crippen LogP contribution in [-0.4, -0.2) is 17.3 Å². The van der Waals surface area contributed by atoms with Gasteiger partial charge in [-0.05, 0) is 50.2 Å². The summed E-state index contributed by atoms with van der Waals surface area (Å²) in [6.07, 6.45) is 0. The Kier molecular flexibility index (Phi) is 4.43. The molecule has 120 valence electrons. The highest BCUT2D eigenvalue weighted by atomic mass is 16.5. The van der Waals surface area contributed by atoms with Crippen molar-refractivity contribution < 1.29 is 13.7 Å². The van der Waals surface area contributed by atoms with E-state index in [9.17, 15) is 0 Å². The largest absolute Gasteiger partial charge is 0.497 e. The first kappa shape index (κ1) is 15.3. The van der Waals surface area contributed by atoms with E-state index in [-0.39, 0.29) is 6.04 Å². The third-order valence-electron chi connectivity index (χ3n) is 3.56. The van der Waals surface area contributed by atoms with Crippen LogP contribution in [0.15, 0.2) is 45.3 Å². The van der Waals surface area contributed by atoms with Crippen LogP contribution in [0.5, 0.6) is 5.75 Å². The van der Waals surface area contributed by atoms with Gasteiger partial charge in [0.1, 0.15) is 17.3 Å². The Bertz CT molecular complexity index is 761. The first-order chi connectivity index (χ1) is 11.2. The normalized spacial score (nSPS) is 12.3. The number of furan rings is 1. The second-order valence-electron chi connectivity index (χ2n) is 5.30. The predicted molar refractivity (Wildman–Crippen MR) is 85.0 cm³/mol. The van der Waals surface area contributed by atoms with Crippen LogP contribution < -0.4 is 10.1 Å². The fraction of sp³-hybridized carbons (Fsp3) is 0.294. The van der Waals surface area contributed by atoms with E-state index in [0.29, 0.717) is 18.3 Å². The number of nitrogens with zero attached hydrogens (tertiary/aromatic N) is 2. The van der Waals surface area contributed by atoms with E-state index in [1.54, 1.807) is 7.11 Å². The summed E-state index contributed by atoms with van der Waals surface area (Å²) in [7, 11) is 1.63. The maximum atomic E-state index is 5.59. The fourth-order valence-corrected chi connectivity index (χ4v) is 2.21. The summed E-state index contributed by atoms with van der Waals surface area (Å²) >= 11 is 0. The van der Waals surface area contributed by atoms with E-state index in [0.717, 1.165) is 22.8 Å². The van der Waals surface area contributed by atoms with Crippen LogP contribution in [-0.2, 0) is 6.54 Å². The zero-order chi connectivity index (χ0) is 16.2. The van der Waals surface area contributed by atoms with Gasteiger partial charge in [0.05, 0.1) is 19.7 Å². The molecule has 3 aromatic rings. The Balaban J connectivity index is 1.62. The van der Waals surface area contributed by atoms with Gasteiger partial charge in [0.15, 0.2) is 5.82 Å². The van der Waals surface area contributed by atoms with Crippen molar-refractivity contribution in [3.8, 4) is 17.2 Å². The lowest BCUT2D eigenvalue weighted by atomic mass is 10.2. The zero-order valence-corrected chi connectivity index (χ0v) is 13.4. The number of hydrogen-bond donors (Lipinski definition) is 1. The molecular formula is C17H19N3O3. The van der Waals surface area contributed by atoms with Gasteiger partial charge in [-0.1, -0.05) is 5.16 Å². The van der Waals surface area contributed by atoms with Gasteiger partial charge >= 0.3 is 0 Å². The van der Waals surface area contributed by atoms with Crippen LogP contribution in [0.2, 0.25) is 0 Å². The van der Waals surface area contributed by atoms with Crippen molar-refractivity contribution >= 4 is 0 Å². The lowest BCUT2D eigenvalue weighted by Crippen LogP contribution is -2.18. The molecule has 6 nitrogen and oxygen atoms in total. The van der Waals surface area contributed by atoms with Gasteiger partial charge in [-0.3, -0.25) is 0 Å². The maximum Gasteiger partial charge on any atom is 0.257 e. The van der Waals surface area contributed by atoms with Crippen LogP contribution in [0.1, 0.15) is 30.3 Å². The minimum Gasteiger partial charge on any atom is -0.497 e. The van der Waals surface area contributed by atoms with Gasteiger partial charge < -0.3 is 19.0 Å². The first-order valence-electron chi connectivity index (χ1n) is 7.42. The van der Waals surface area contributed by atoms with Gasteiger partial charge in [0.2, 0.25) is 0 Å². The number of ether oxygens (including phenoxy) is 1. The SMILES string of the molecule is COc1ccc(-c2nc(CNC(C)c3ccc(C)o3)no2)cc1. The standard InChI is InChI=1S/C17H19N3O3/c1-11-4-9-15(22-11)12(2)18-10-16-19-17(23-20-16)13-5-7-14(21-3)8-6-13/h4-9,12,18H,10H2,1-3H3. The number of aryl methyl sites for hydroxylation is 1. The number of aromatic nitrogens is 2. The minimum absolute atomic E-state index is 0.0756. The molecule has 0 amide bonds. The molecule has 3 rings (SSSR count). The fourth-order valence-electron chi connectivity index (χ4n) is 2.21. The van der Waals surface area contributed by atoms with Crippen LogP contribution in [0.4, 0.5) is 0 Å². The number of benzene rings is 1. The van der Waals surface area contributed by atoms with Crippen molar-refractivity contribution in [3.05, 3.63) is 53.7 Å². The topological polar surface area (TPSA) is 73.3 Å². The zero-order valence-electron chi connectivity index (χ0n) is 13.4. The molecule has 23 heavy (non-hydrogen) atoms. The minimum atomic E-state index is 0.0756. The number of rotatable bonds is 6. The van der Waals surface area contributed by atoms with Crippen molar-refractivity contribution in [3.63, 3.8) is 0 Å². The summed E-state index contributed by atoms with van der Waals surface area (Å²) in [5, 5.41) is 7.31. The van der Waals surface area contributed by atoms with E-state index >= 15 is 0 Å². The number of methoxy groups -OCH3 is 1. The molecule has 0 saturated heterocycles. The maximum absolute atomic E-state index is 5.59. The van der Waals surface area contributed by atoms with E-state index in [4.69, 9.17) is 13.7 Å². The summed E-state index contributed by atoms with van der Waals surface area (Å²) in [6.45, 7) is 4.46. The second kappa shape index (κ2) is 6.66. The molecule has 1 aromatic carbocycles. The second-order valence-corrected chi connectivity index (χ2v) is 5.30. The van der Waals surface area contributed by atoms with Crippen LogP contribution in [0.25, 0.3) is 11.5 Å². The predicted octanol–water partition coefficient (Wildman–Crippen LogP) is 3.50. The lowest BCUT2D eigenvalue weighted by Gasteiger charge is -2.08. The molecule has 0 aliphatic carbocycles. The monoisotopic (exact) mass is 313 g/mol. The van der Waals surface area contributed by atoms with E-state index in [1.807, 2.05) is 50.2 Å². The first-order valence-corrected chi connectivity index (χ1v) is 7.42. The van der Waals surface area contributed by atoms with Crippen LogP contribution in [0, 0.1) is 6.92 Å². The van der Waals surface area contributed by atoms with Crippen molar-refractivity contribution in [1.82, 2.24) is 15.5 Å². The summed E-state index contributed by atoms with van der Waals surface area (Å²) in [6, 6.07) is 11.5.